The first kappa shape index (κ1) is 35.1. The molecule has 0 N–H and O–H groups in total. The molecule has 0 aliphatic heterocycles. The van der Waals surface area contributed by atoms with Crippen LogP contribution in [0.1, 0.15) is 108 Å². The van der Waals surface area contributed by atoms with E-state index >= 15 is 0 Å². The van der Waals surface area contributed by atoms with Gasteiger partial charge in [-0.1, -0.05) is 0 Å². The van der Waals surface area contributed by atoms with Crippen molar-refractivity contribution in [1.82, 2.24) is 0 Å². The first-order valence-corrected chi connectivity index (χ1v) is 35.8. The molecule has 0 bridgehead atoms. The van der Waals surface area contributed by atoms with Crippen molar-refractivity contribution in [1.29, 1.82) is 0 Å². The summed E-state index contributed by atoms with van der Waals surface area (Å²) in [6.07, 6.45) is 17.9. The molecule has 0 heterocycles. The molecule has 50 heavy (non-hydrogen) atoms. The summed E-state index contributed by atoms with van der Waals surface area (Å²) < 4.78 is 0.264. The summed E-state index contributed by atoms with van der Waals surface area (Å²) in [5, 5.41) is 0. The Morgan fingerprint density at radius 1 is 0.580 bits per heavy atom. The summed E-state index contributed by atoms with van der Waals surface area (Å²) in [5.74, 6) is -1.67. The number of hydrogen-bond donors (Lipinski definition) is 0. The maximum atomic E-state index is 9.01. The van der Waals surface area contributed by atoms with Crippen molar-refractivity contribution in [3.8, 4) is 22.3 Å². The van der Waals surface area contributed by atoms with Gasteiger partial charge in [0.1, 0.15) is 0 Å². The molecule has 259 valence electrons. The van der Waals surface area contributed by atoms with Gasteiger partial charge in [0.2, 0.25) is 0 Å². The van der Waals surface area contributed by atoms with Crippen LogP contribution in [0.5, 0.6) is 0 Å². The minimum atomic E-state index is -4.95. The van der Waals surface area contributed by atoms with Crippen molar-refractivity contribution in [2.45, 2.75) is 98.4 Å². The van der Waals surface area contributed by atoms with Crippen LogP contribution >= 0.6 is 17.0 Å². The zero-order valence-corrected chi connectivity index (χ0v) is 35.6. The van der Waals surface area contributed by atoms with Crippen LogP contribution in [0.3, 0.4) is 0 Å². The molecule has 2 atom stereocenters. The molecule has 2 fully saturated rings. The fraction of sp³-hybridized carbons (Fsp3) is 0.391. The number of hydrogen-bond acceptors (Lipinski definition) is 0. The van der Waals surface area contributed by atoms with Gasteiger partial charge in [-0.3, -0.25) is 0 Å². The Morgan fingerprint density at radius 3 is 1.30 bits per heavy atom. The second kappa shape index (κ2) is 13.2. The summed E-state index contributed by atoms with van der Waals surface area (Å²) in [6.45, 7) is 9.88. The first-order valence-electron chi connectivity index (χ1n) is 19.5. The van der Waals surface area contributed by atoms with E-state index in [2.05, 4.69) is 136 Å². The predicted molar refractivity (Wildman–Crippen MR) is 218 cm³/mol. The van der Waals surface area contributed by atoms with E-state index in [4.69, 9.17) is 17.0 Å². The molecular formula is C46H53Cl2SiZr. The molecule has 0 amide bonds. The summed E-state index contributed by atoms with van der Waals surface area (Å²) in [7, 11) is 18.0. The fourth-order valence-corrected chi connectivity index (χ4v) is 41.9. The first-order chi connectivity index (χ1) is 24.1. The standard InChI is InChI=1S/2C22H23.C2H7Si.2ClH.Zr/c2*1-2-22(12-7-13-22)16-17-14-19-10-6-11-20(21(19)15-17)18-8-4-3-5-9-18;1-3-2;;;/h2*3-6,8-11,14-15H,2,7,12-13,16H2,1H3;3H,1-2H3;2*1H;/q;;;;;+2/p-2. The Morgan fingerprint density at radius 2 is 0.980 bits per heavy atom. The van der Waals surface area contributed by atoms with Crippen LogP contribution in [0.2, 0.25) is 13.1 Å². The SMILES string of the molecule is CCC1(CC2=Cc3c(-c4ccccc4)cccc3[CH]2[Zr]([Cl])([Cl])([CH]2C(CC3(CC)CCC3)=Cc3c(-c4ccccc4)cccc32)[SiH](C)C)CCC1. The zero-order valence-electron chi connectivity index (χ0n) is 30.5. The fourth-order valence-electron chi connectivity index (χ4n) is 10.6. The van der Waals surface area contributed by atoms with Crippen LogP contribution in [0, 0.1) is 10.8 Å². The third-order valence-electron chi connectivity index (χ3n) is 14.2. The van der Waals surface area contributed by atoms with Crippen LogP contribution in [-0.4, -0.2) is 5.92 Å². The molecular weight excluding hydrogens is 743 g/mol. The van der Waals surface area contributed by atoms with E-state index in [0.717, 1.165) is 12.8 Å². The summed E-state index contributed by atoms with van der Waals surface area (Å²) in [5.41, 5.74) is 14.7. The molecule has 4 aromatic rings. The predicted octanol–water partition coefficient (Wildman–Crippen LogP) is 14.5. The molecule has 4 heteroatoms. The van der Waals surface area contributed by atoms with E-state index < -0.39 is 21.5 Å². The van der Waals surface area contributed by atoms with Gasteiger partial charge < -0.3 is 0 Å². The van der Waals surface area contributed by atoms with Crippen LogP contribution in [0.4, 0.5) is 0 Å². The van der Waals surface area contributed by atoms with Gasteiger partial charge in [0.15, 0.2) is 0 Å². The van der Waals surface area contributed by atoms with E-state index in [1.807, 2.05) is 0 Å². The third-order valence-corrected chi connectivity index (χ3v) is 66.0. The van der Waals surface area contributed by atoms with Gasteiger partial charge in [0, 0.05) is 0 Å². The number of benzene rings is 4. The monoisotopic (exact) mass is 793 g/mol. The van der Waals surface area contributed by atoms with E-state index in [1.54, 1.807) is 11.1 Å². The Hall–Kier alpha value is -1.96. The van der Waals surface area contributed by atoms with E-state index in [9.17, 15) is 0 Å². The van der Waals surface area contributed by atoms with Crippen molar-refractivity contribution in [3.05, 3.63) is 130 Å². The molecule has 0 aromatic heterocycles. The molecule has 0 radical (unpaired) electrons. The Bertz CT molecular complexity index is 1820. The quantitative estimate of drug-likeness (QED) is 0.133. The average molecular weight is 796 g/mol. The van der Waals surface area contributed by atoms with Gasteiger partial charge in [-0.25, -0.2) is 0 Å². The molecule has 0 nitrogen and oxygen atoms in total. The van der Waals surface area contributed by atoms with E-state index in [1.165, 1.54) is 95.9 Å². The van der Waals surface area contributed by atoms with Gasteiger partial charge in [0.25, 0.3) is 0 Å². The molecule has 4 aliphatic rings. The maximum absolute atomic E-state index is 9.01. The summed E-state index contributed by atoms with van der Waals surface area (Å²) in [4.78, 5) is 0. The second-order valence-electron chi connectivity index (χ2n) is 16.8. The molecule has 0 spiro atoms. The number of rotatable bonds is 11. The number of allylic oxidation sites excluding steroid dienone is 2. The molecule has 8 rings (SSSR count). The Labute approximate surface area is 310 Å². The third kappa shape index (κ3) is 5.52. The van der Waals surface area contributed by atoms with Gasteiger partial charge >= 0.3 is 313 Å². The topological polar surface area (TPSA) is 0 Å². The van der Waals surface area contributed by atoms with Gasteiger partial charge in [-0.15, -0.1) is 0 Å². The average Bonchev–Trinajstić information content (AvgIpc) is 3.68. The molecule has 0 saturated heterocycles. The van der Waals surface area contributed by atoms with Crippen LogP contribution < -0.4 is 0 Å². The van der Waals surface area contributed by atoms with Crippen molar-refractivity contribution in [3.63, 3.8) is 0 Å². The molecule has 2 unspecified atom stereocenters. The normalized spacial score (nSPS) is 22.4. The zero-order chi connectivity index (χ0) is 34.8. The van der Waals surface area contributed by atoms with Gasteiger partial charge in [-0.2, -0.15) is 0 Å². The van der Waals surface area contributed by atoms with Crippen molar-refractivity contribution in [2.75, 3.05) is 0 Å². The summed E-state index contributed by atoms with van der Waals surface area (Å²) >= 11 is -4.95. The summed E-state index contributed by atoms with van der Waals surface area (Å²) in [6, 6.07) is 36.1. The van der Waals surface area contributed by atoms with Crippen molar-refractivity contribution in [2.24, 2.45) is 10.8 Å². The van der Waals surface area contributed by atoms with E-state index in [-0.39, 0.29) is 7.25 Å². The Balaban J connectivity index is 1.37. The van der Waals surface area contributed by atoms with Crippen LogP contribution in [0.25, 0.3) is 34.4 Å². The minimum absolute atomic E-state index is 0.132. The van der Waals surface area contributed by atoms with Crippen LogP contribution in [0.15, 0.2) is 108 Å². The molecule has 4 aliphatic carbocycles. The van der Waals surface area contributed by atoms with Gasteiger partial charge in [-0.05, 0) is 0 Å². The van der Waals surface area contributed by atoms with Crippen molar-refractivity contribution >= 4 is 35.1 Å². The Kier molecular flexibility index (Phi) is 9.24. The van der Waals surface area contributed by atoms with Crippen molar-refractivity contribution < 1.29 is 15.6 Å². The van der Waals surface area contributed by atoms with Crippen LogP contribution in [-0.2, 0) is 15.6 Å². The second-order valence-corrected chi connectivity index (χ2v) is 59.3. The number of halogens is 2. The molecule has 2 saturated carbocycles. The van der Waals surface area contributed by atoms with E-state index in [0.29, 0.717) is 10.8 Å². The van der Waals surface area contributed by atoms with Gasteiger partial charge in [0.05, 0.1) is 0 Å². The molecule has 4 aromatic carbocycles. The number of fused-ring (bicyclic) bond motifs is 2.